The number of amides is 1. The zero-order valence-corrected chi connectivity index (χ0v) is 36.9. The van der Waals surface area contributed by atoms with Gasteiger partial charge >= 0.3 is 18.1 Å². The summed E-state index contributed by atoms with van der Waals surface area (Å²) >= 11 is 6.26. The van der Waals surface area contributed by atoms with Crippen molar-refractivity contribution in [1.29, 1.82) is 0 Å². The number of carbonyl (C=O) groups excluding carboxylic acids is 2. The Bertz CT molecular complexity index is 2380. The van der Waals surface area contributed by atoms with E-state index in [1.54, 1.807) is 13.2 Å². The first-order valence-corrected chi connectivity index (χ1v) is 22.9. The molecule has 12 nitrogen and oxygen atoms in total. The minimum Gasteiger partial charge on any atom is -0.494 e. The first kappa shape index (κ1) is 45.4. The second-order valence-electron chi connectivity index (χ2n) is 17.0. The van der Waals surface area contributed by atoms with Crippen LogP contribution in [0.25, 0.3) is 0 Å². The first-order valence-electron chi connectivity index (χ1n) is 21.1. The molecule has 4 aromatic rings. The van der Waals surface area contributed by atoms with E-state index in [4.69, 9.17) is 25.8 Å². The maximum Gasteiger partial charge on any atom is 0.471 e. The van der Waals surface area contributed by atoms with Gasteiger partial charge in [0.2, 0.25) is 0 Å². The fourth-order valence-corrected chi connectivity index (χ4v) is 11.5. The van der Waals surface area contributed by atoms with Crippen molar-refractivity contribution >= 4 is 39.2 Å². The third kappa shape index (κ3) is 9.05. The number of halogens is 4. The molecule has 17 heteroatoms. The molecule has 1 spiro atoms. The zero-order chi connectivity index (χ0) is 44.5. The van der Waals surface area contributed by atoms with Gasteiger partial charge < -0.3 is 14.2 Å². The molecule has 1 saturated carbocycles. The summed E-state index contributed by atoms with van der Waals surface area (Å²) in [5.41, 5.74) is 1.56. The van der Waals surface area contributed by atoms with Crippen LogP contribution in [0.1, 0.15) is 93.5 Å². The quantitative estimate of drug-likeness (QED) is 0.0923. The van der Waals surface area contributed by atoms with Crippen molar-refractivity contribution < 1.29 is 45.4 Å². The van der Waals surface area contributed by atoms with E-state index in [1.807, 2.05) is 24.3 Å². The molecule has 3 atom stereocenters. The molecule has 0 aliphatic heterocycles. The number of sulfonamides is 1. The minimum absolute atomic E-state index is 0.00613. The van der Waals surface area contributed by atoms with Crippen LogP contribution in [0.2, 0.25) is 5.02 Å². The van der Waals surface area contributed by atoms with Gasteiger partial charge in [0.1, 0.15) is 17.0 Å². The number of nitrogens with zero attached hydrogens (tertiary/aromatic N) is 4. The number of hydrogen-bond donors (Lipinski definition) is 1. The Morgan fingerprint density at radius 1 is 1.06 bits per heavy atom. The molecule has 334 valence electrons. The minimum atomic E-state index is -5.30. The zero-order valence-electron chi connectivity index (χ0n) is 35.3. The number of nitrogens with one attached hydrogen (secondary N) is 1. The molecular weight excluding hydrogens is 847 g/mol. The summed E-state index contributed by atoms with van der Waals surface area (Å²) in [5.74, 6) is -1.29. The van der Waals surface area contributed by atoms with E-state index in [0.717, 1.165) is 60.9 Å². The number of hydrogen-bond acceptors (Lipinski definition) is 9. The van der Waals surface area contributed by atoms with Crippen LogP contribution in [0.3, 0.4) is 0 Å². The van der Waals surface area contributed by atoms with Crippen LogP contribution in [0.15, 0.2) is 72.0 Å². The Labute approximate surface area is 365 Å². The molecule has 2 heterocycles. The van der Waals surface area contributed by atoms with Gasteiger partial charge in [-0.1, -0.05) is 37.6 Å². The van der Waals surface area contributed by atoms with Gasteiger partial charge in [0.15, 0.2) is 5.03 Å². The van der Waals surface area contributed by atoms with Crippen LogP contribution in [0.5, 0.6) is 11.5 Å². The Kier molecular flexibility index (Phi) is 13.3. The number of pyridine rings is 1. The van der Waals surface area contributed by atoms with Crippen LogP contribution in [-0.4, -0.2) is 73.6 Å². The number of benzene rings is 2. The highest BCUT2D eigenvalue weighted by Gasteiger charge is 2.60. The van der Waals surface area contributed by atoms with E-state index < -0.39 is 39.0 Å². The molecule has 1 N–H and O–H groups in total. The second-order valence-corrected chi connectivity index (χ2v) is 19.2. The largest absolute Gasteiger partial charge is 0.494 e. The van der Waals surface area contributed by atoms with Gasteiger partial charge in [0.05, 0.1) is 26.5 Å². The molecule has 3 aliphatic carbocycles. The number of anilines is 1. The van der Waals surface area contributed by atoms with E-state index >= 15 is 0 Å². The molecule has 1 fully saturated rings. The van der Waals surface area contributed by atoms with E-state index in [0.29, 0.717) is 36.0 Å². The van der Waals surface area contributed by atoms with Crippen LogP contribution in [-0.2, 0) is 49.7 Å². The molecule has 2 aromatic heterocycles. The Morgan fingerprint density at radius 3 is 2.53 bits per heavy atom. The van der Waals surface area contributed by atoms with Crippen molar-refractivity contribution in [1.82, 2.24) is 19.5 Å². The number of esters is 1. The Balaban J connectivity index is 1.16. The van der Waals surface area contributed by atoms with Gasteiger partial charge in [-0.3, -0.25) is 19.4 Å². The highest BCUT2D eigenvalue weighted by atomic mass is 35.5. The highest BCUT2D eigenvalue weighted by Crippen LogP contribution is 2.58. The van der Waals surface area contributed by atoms with E-state index in [2.05, 4.69) is 28.7 Å². The topological polar surface area (TPSA) is 142 Å². The smallest absolute Gasteiger partial charge is 0.471 e. The lowest BCUT2D eigenvalue weighted by Gasteiger charge is -2.51. The summed E-state index contributed by atoms with van der Waals surface area (Å²) in [7, 11) is -1.10. The van der Waals surface area contributed by atoms with Gasteiger partial charge in [0, 0.05) is 41.8 Å². The molecule has 0 saturated heterocycles. The summed E-state index contributed by atoms with van der Waals surface area (Å²) in [5, 5.41) is 4.08. The van der Waals surface area contributed by atoms with Crippen molar-refractivity contribution in [3.8, 4) is 11.5 Å². The fourth-order valence-electron chi connectivity index (χ4n) is 10.1. The normalized spacial score (nSPS) is 22.7. The third-order valence-corrected chi connectivity index (χ3v) is 14.8. The first-order chi connectivity index (χ1) is 29.5. The van der Waals surface area contributed by atoms with E-state index in [-0.39, 0.29) is 66.4 Å². The lowest BCUT2D eigenvalue weighted by atomic mass is 9.59. The fraction of sp³-hybridized carbons (Fsp3) is 0.511. The summed E-state index contributed by atoms with van der Waals surface area (Å²) in [6.07, 6.45) is 3.06. The SMILES string of the molecule is COC(=O)C1(N(C(=O)C(F)(F)F)c2cccc(Cl)c2)CCC2(CC1)c1cc(OCCCNS(=O)(=O)c3ccnn3C)ccc1C[C@@H]2C[C@@H](C)COc1ccnc2c1[C@H](C)CCC2. The summed E-state index contributed by atoms with van der Waals surface area (Å²) in [4.78, 5) is 32.5. The van der Waals surface area contributed by atoms with Crippen molar-refractivity contribution in [2.24, 2.45) is 18.9 Å². The van der Waals surface area contributed by atoms with Crippen LogP contribution >= 0.6 is 11.6 Å². The van der Waals surface area contributed by atoms with E-state index in [9.17, 15) is 31.2 Å². The van der Waals surface area contributed by atoms with Crippen LogP contribution in [0.4, 0.5) is 18.9 Å². The predicted octanol–water partition coefficient (Wildman–Crippen LogP) is 8.25. The number of alkyl halides is 3. The number of methoxy groups -OCH3 is 1. The molecule has 7 rings (SSSR count). The highest BCUT2D eigenvalue weighted by molar-refractivity contribution is 7.89. The average Bonchev–Trinajstić information content (AvgIpc) is 3.81. The Hall–Kier alpha value is -4.67. The number of rotatable bonds is 15. The standard InChI is InChI=1S/C45H53ClF3N5O7S/c1-29(28-61-38-14-21-50-37-11-5-8-30(2)40(37)38)24-32-25-31-12-13-35(60-23-7-20-52-62(57,58)39-15-22-51-53(39)3)27-36(31)43(32)16-18-44(19-17-43,42(56)59-4)54(41(55)45(47,48)49)34-10-6-9-33(46)26-34/h6,9-10,12-15,21-22,26-27,29-30,32,52H,5,7-8,11,16-20,23-25,28H2,1-4H3/t29-,30-,32+,43?,44?/m1/s1. The lowest BCUT2D eigenvalue weighted by Crippen LogP contribution is -2.63. The molecule has 62 heavy (non-hydrogen) atoms. The van der Waals surface area contributed by atoms with Crippen molar-refractivity contribution in [3.05, 3.63) is 94.4 Å². The van der Waals surface area contributed by atoms with Crippen LogP contribution in [0, 0.1) is 11.8 Å². The molecule has 2 aromatic carbocycles. The number of fused-ring (bicyclic) bond motifs is 3. The number of aryl methyl sites for hydroxylation is 2. The average molecular weight is 900 g/mol. The molecule has 0 unspecified atom stereocenters. The number of ether oxygens (including phenoxy) is 3. The van der Waals surface area contributed by atoms with Gasteiger partial charge in [-0.25, -0.2) is 17.9 Å². The lowest BCUT2D eigenvalue weighted by molar-refractivity contribution is -0.174. The van der Waals surface area contributed by atoms with Crippen molar-refractivity contribution in [2.75, 3.05) is 31.8 Å². The second kappa shape index (κ2) is 18.2. The molecular formula is C45H53ClF3N5O7S. The van der Waals surface area contributed by atoms with Crippen molar-refractivity contribution in [3.63, 3.8) is 0 Å². The maximum absolute atomic E-state index is 14.5. The third-order valence-electron chi connectivity index (χ3n) is 13.1. The summed E-state index contributed by atoms with van der Waals surface area (Å²) in [6, 6.07) is 14.7. The molecule has 0 radical (unpaired) electrons. The summed E-state index contributed by atoms with van der Waals surface area (Å²) < 4.78 is 90.7. The van der Waals surface area contributed by atoms with Gasteiger partial charge in [-0.05, 0) is 141 Å². The van der Waals surface area contributed by atoms with Gasteiger partial charge in [-0.2, -0.15) is 18.3 Å². The van der Waals surface area contributed by atoms with Gasteiger partial charge in [-0.15, -0.1) is 0 Å². The Morgan fingerprint density at radius 2 is 1.84 bits per heavy atom. The van der Waals surface area contributed by atoms with E-state index in [1.165, 1.54) is 41.2 Å². The van der Waals surface area contributed by atoms with Crippen molar-refractivity contribution in [2.45, 2.75) is 106 Å². The maximum atomic E-state index is 14.5. The number of carbonyl (C=O) groups is 2. The molecule has 3 aliphatic rings. The predicted molar refractivity (Wildman–Crippen MR) is 227 cm³/mol. The number of aromatic nitrogens is 3. The van der Waals surface area contributed by atoms with Crippen LogP contribution < -0.4 is 19.1 Å². The monoisotopic (exact) mass is 899 g/mol. The molecule has 0 bridgehead atoms. The summed E-state index contributed by atoms with van der Waals surface area (Å²) in [6.45, 7) is 5.11. The molecule has 1 amide bonds. The van der Waals surface area contributed by atoms with Gasteiger partial charge in [0.25, 0.3) is 10.0 Å².